The topological polar surface area (TPSA) is 29.5 Å². The van der Waals surface area contributed by atoms with E-state index in [1.54, 1.807) is 11.8 Å². The van der Waals surface area contributed by atoms with Crippen molar-refractivity contribution in [2.75, 3.05) is 26.5 Å². The van der Waals surface area contributed by atoms with Crippen molar-refractivity contribution in [3.63, 3.8) is 0 Å². The molecule has 0 aliphatic heterocycles. The van der Waals surface area contributed by atoms with Gasteiger partial charge in [-0.3, -0.25) is 9.69 Å². The lowest BCUT2D eigenvalue weighted by molar-refractivity contribution is -0.147. The highest BCUT2D eigenvalue weighted by atomic mass is 32.1. The highest BCUT2D eigenvalue weighted by Gasteiger charge is 2.19. The molecule has 66 valence electrons. The monoisotopic (exact) mass is 177 g/mol. The van der Waals surface area contributed by atoms with Gasteiger partial charge in [0.1, 0.15) is 6.04 Å². The van der Waals surface area contributed by atoms with Crippen LogP contribution in [-0.4, -0.2) is 43.4 Å². The van der Waals surface area contributed by atoms with Gasteiger partial charge in [-0.1, -0.05) is 0 Å². The maximum Gasteiger partial charge on any atom is 0.324 e. The van der Waals surface area contributed by atoms with Gasteiger partial charge < -0.3 is 4.74 Å². The second-order valence-electron chi connectivity index (χ2n) is 2.41. The second kappa shape index (κ2) is 5.43. The zero-order valence-electron chi connectivity index (χ0n) is 7.20. The van der Waals surface area contributed by atoms with E-state index in [1.165, 1.54) is 0 Å². The van der Waals surface area contributed by atoms with Gasteiger partial charge in [0.2, 0.25) is 0 Å². The van der Waals surface area contributed by atoms with Crippen molar-refractivity contribution >= 4 is 18.6 Å². The fourth-order valence-corrected chi connectivity index (χ4v) is 1.16. The van der Waals surface area contributed by atoms with Crippen LogP contribution in [0.3, 0.4) is 0 Å². The Balaban J connectivity index is 3.92. The number of hydrogen-bond acceptors (Lipinski definition) is 4. The first-order valence-electron chi connectivity index (χ1n) is 3.57. The molecule has 0 amide bonds. The molecular weight excluding hydrogens is 162 g/mol. The molecule has 0 saturated carbocycles. The van der Waals surface area contributed by atoms with Crippen molar-refractivity contribution in [1.82, 2.24) is 4.90 Å². The van der Waals surface area contributed by atoms with Gasteiger partial charge in [-0.25, -0.2) is 0 Å². The molecule has 3 nitrogen and oxygen atoms in total. The maximum atomic E-state index is 11.1. The lowest BCUT2D eigenvalue weighted by atomic mass is 10.3. The quantitative estimate of drug-likeness (QED) is 0.498. The number of ether oxygens (including phenoxy) is 1. The first kappa shape index (κ1) is 10.8. The molecule has 0 saturated heterocycles. The van der Waals surface area contributed by atoms with Crippen LogP contribution in [0.15, 0.2) is 0 Å². The van der Waals surface area contributed by atoms with E-state index in [1.807, 2.05) is 14.1 Å². The molecule has 0 spiro atoms. The Morgan fingerprint density at radius 2 is 2.18 bits per heavy atom. The molecule has 0 aromatic rings. The number of thiol groups is 1. The van der Waals surface area contributed by atoms with Crippen molar-refractivity contribution < 1.29 is 9.53 Å². The van der Waals surface area contributed by atoms with Crippen molar-refractivity contribution in [3.8, 4) is 0 Å². The highest BCUT2D eigenvalue weighted by molar-refractivity contribution is 7.80. The number of carbonyl (C=O) groups is 1. The standard InChI is InChI=1S/C7H15NO2S/c1-4-10-7(9)6(5-11)8(2)3/h6,11H,4-5H2,1-3H3/t6-/m0/s1. The smallest absolute Gasteiger partial charge is 0.324 e. The number of carbonyl (C=O) groups excluding carboxylic acids is 1. The third-order valence-corrected chi connectivity index (χ3v) is 1.70. The van der Waals surface area contributed by atoms with Crippen LogP contribution in [0.25, 0.3) is 0 Å². The van der Waals surface area contributed by atoms with Gasteiger partial charge in [0.05, 0.1) is 6.61 Å². The summed E-state index contributed by atoms with van der Waals surface area (Å²) < 4.78 is 4.83. The third kappa shape index (κ3) is 3.62. The summed E-state index contributed by atoms with van der Waals surface area (Å²) in [5.41, 5.74) is 0. The predicted molar refractivity (Wildman–Crippen MR) is 48.0 cm³/mol. The number of esters is 1. The average Bonchev–Trinajstić information content (AvgIpc) is 1.88. The van der Waals surface area contributed by atoms with E-state index in [2.05, 4.69) is 12.6 Å². The Hall–Kier alpha value is -0.220. The van der Waals surface area contributed by atoms with Crippen molar-refractivity contribution in [3.05, 3.63) is 0 Å². The van der Waals surface area contributed by atoms with E-state index in [0.717, 1.165) is 0 Å². The average molecular weight is 177 g/mol. The zero-order chi connectivity index (χ0) is 8.85. The molecule has 4 heteroatoms. The molecule has 11 heavy (non-hydrogen) atoms. The molecule has 0 aliphatic rings. The minimum absolute atomic E-state index is 0.201. The minimum atomic E-state index is -0.224. The highest BCUT2D eigenvalue weighted by Crippen LogP contribution is 1.98. The number of nitrogens with zero attached hydrogens (tertiary/aromatic N) is 1. The zero-order valence-corrected chi connectivity index (χ0v) is 8.10. The van der Waals surface area contributed by atoms with Crippen LogP contribution in [0.4, 0.5) is 0 Å². The van der Waals surface area contributed by atoms with Crippen LogP contribution in [0.1, 0.15) is 6.92 Å². The molecule has 0 aromatic carbocycles. The van der Waals surface area contributed by atoms with E-state index < -0.39 is 0 Å². The minimum Gasteiger partial charge on any atom is -0.465 e. The molecule has 0 aliphatic carbocycles. The molecule has 0 bridgehead atoms. The van der Waals surface area contributed by atoms with Gasteiger partial charge in [-0.2, -0.15) is 12.6 Å². The lowest BCUT2D eigenvalue weighted by Crippen LogP contribution is -2.38. The van der Waals surface area contributed by atoms with Gasteiger partial charge in [0.25, 0.3) is 0 Å². The van der Waals surface area contributed by atoms with E-state index in [9.17, 15) is 4.79 Å². The molecule has 0 radical (unpaired) electrons. The van der Waals surface area contributed by atoms with Crippen LogP contribution in [-0.2, 0) is 9.53 Å². The van der Waals surface area contributed by atoms with Crippen LogP contribution in [0.5, 0.6) is 0 Å². The second-order valence-corrected chi connectivity index (χ2v) is 2.78. The Labute approximate surface area is 73.1 Å². The van der Waals surface area contributed by atoms with E-state index in [0.29, 0.717) is 12.4 Å². The summed E-state index contributed by atoms with van der Waals surface area (Å²) in [6.45, 7) is 2.22. The van der Waals surface area contributed by atoms with Gasteiger partial charge in [-0.15, -0.1) is 0 Å². The SMILES string of the molecule is CCOC(=O)[C@H](CS)N(C)C. The molecular formula is C7H15NO2S. The largest absolute Gasteiger partial charge is 0.465 e. The lowest BCUT2D eigenvalue weighted by Gasteiger charge is -2.19. The predicted octanol–water partition coefficient (Wildman–Crippen LogP) is 0.410. The van der Waals surface area contributed by atoms with Crippen LogP contribution < -0.4 is 0 Å². The van der Waals surface area contributed by atoms with Crippen LogP contribution in [0, 0.1) is 0 Å². The van der Waals surface area contributed by atoms with E-state index >= 15 is 0 Å². The fraction of sp³-hybridized carbons (Fsp3) is 0.857. The third-order valence-electron chi connectivity index (χ3n) is 1.35. The molecule has 0 aromatic heterocycles. The van der Waals surface area contributed by atoms with Gasteiger partial charge in [0.15, 0.2) is 0 Å². The first-order valence-corrected chi connectivity index (χ1v) is 4.20. The Kier molecular flexibility index (Phi) is 5.32. The maximum absolute atomic E-state index is 11.1. The van der Waals surface area contributed by atoms with Gasteiger partial charge in [0, 0.05) is 5.75 Å². The molecule has 0 heterocycles. The van der Waals surface area contributed by atoms with Gasteiger partial charge in [-0.05, 0) is 21.0 Å². The Morgan fingerprint density at radius 3 is 2.45 bits per heavy atom. The number of likely N-dealkylation sites (N-methyl/N-ethyl adjacent to an activating group) is 1. The summed E-state index contributed by atoms with van der Waals surface area (Å²) in [4.78, 5) is 12.9. The number of rotatable bonds is 4. The Morgan fingerprint density at radius 1 is 1.64 bits per heavy atom. The van der Waals surface area contributed by atoms with Crippen molar-refractivity contribution in [2.24, 2.45) is 0 Å². The normalized spacial score (nSPS) is 13.2. The van der Waals surface area contributed by atoms with Crippen LogP contribution in [0.2, 0.25) is 0 Å². The summed E-state index contributed by atoms with van der Waals surface area (Å²) in [6, 6.07) is -0.224. The molecule has 0 unspecified atom stereocenters. The van der Waals surface area contributed by atoms with Crippen molar-refractivity contribution in [1.29, 1.82) is 0 Å². The van der Waals surface area contributed by atoms with Crippen LogP contribution >= 0.6 is 12.6 Å². The molecule has 0 rings (SSSR count). The summed E-state index contributed by atoms with van der Waals surface area (Å²) in [6.07, 6.45) is 0. The summed E-state index contributed by atoms with van der Waals surface area (Å²) in [7, 11) is 3.66. The summed E-state index contributed by atoms with van der Waals surface area (Å²) in [5, 5.41) is 0. The molecule has 0 N–H and O–H groups in total. The van der Waals surface area contributed by atoms with E-state index in [4.69, 9.17) is 4.74 Å². The first-order chi connectivity index (χ1) is 5.13. The van der Waals surface area contributed by atoms with E-state index in [-0.39, 0.29) is 12.0 Å². The fourth-order valence-electron chi connectivity index (χ4n) is 0.687. The summed E-state index contributed by atoms with van der Waals surface area (Å²) >= 11 is 4.04. The Bertz CT molecular complexity index is 128. The molecule has 1 atom stereocenters. The van der Waals surface area contributed by atoms with Crippen molar-refractivity contribution in [2.45, 2.75) is 13.0 Å². The van der Waals surface area contributed by atoms with Gasteiger partial charge >= 0.3 is 5.97 Å². The molecule has 0 fully saturated rings. The number of hydrogen-bond donors (Lipinski definition) is 1. The summed E-state index contributed by atoms with van der Waals surface area (Å²) in [5.74, 6) is 0.291.